The molecule has 0 saturated carbocycles. The fourth-order valence-electron chi connectivity index (χ4n) is 8.72. The van der Waals surface area contributed by atoms with E-state index in [1.807, 2.05) is 0 Å². The van der Waals surface area contributed by atoms with Crippen molar-refractivity contribution in [2.75, 3.05) is 0 Å². The lowest BCUT2D eigenvalue weighted by Gasteiger charge is -2.23. The first kappa shape index (κ1) is 28.1. The van der Waals surface area contributed by atoms with E-state index in [-0.39, 0.29) is 5.41 Å². The van der Waals surface area contributed by atoms with Crippen LogP contribution in [0.4, 0.5) is 0 Å². The fraction of sp³-hybridized carbons (Fsp3) is 0.0612. The van der Waals surface area contributed by atoms with E-state index in [0.717, 1.165) is 0 Å². The molecule has 230 valence electrons. The SMILES string of the molecule is CC1(C)c2ccc(-c3ccc(-c4c5ccccc5c(-c5ccc6ccccc6c5)c5ccccc45)cc3)cc2-c2ccc3ccccc3c21. The Morgan fingerprint density at radius 1 is 0.327 bits per heavy atom. The molecule has 9 aromatic rings. The Bertz CT molecular complexity index is 2720. The highest BCUT2D eigenvalue weighted by Crippen LogP contribution is 2.52. The van der Waals surface area contributed by atoms with Gasteiger partial charge in [0.25, 0.3) is 0 Å². The van der Waals surface area contributed by atoms with Crippen LogP contribution in [0.15, 0.2) is 170 Å². The zero-order valence-electron chi connectivity index (χ0n) is 27.7. The van der Waals surface area contributed by atoms with Gasteiger partial charge in [-0.1, -0.05) is 172 Å². The molecule has 0 unspecified atom stereocenters. The molecule has 0 N–H and O–H groups in total. The molecule has 49 heavy (non-hydrogen) atoms. The van der Waals surface area contributed by atoms with E-state index in [1.54, 1.807) is 0 Å². The lowest BCUT2D eigenvalue weighted by atomic mass is 9.80. The maximum Gasteiger partial charge on any atom is 0.0165 e. The van der Waals surface area contributed by atoms with Crippen molar-refractivity contribution in [2.45, 2.75) is 19.3 Å². The summed E-state index contributed by atoms with van der Waals surface area (Å²) in [6, 6.07) is 63.1. The van der Waals surface area contributed by atoms with Crippen LogP contribution in [-0.2, 0) is 5.41 Å². The van der Waals surface area contributed by atoms with E-state index in [4.69, 9.17) is 0 Å². The van der Waals surface area contributed by atoms with Crippen molar-refractivity contribution >= 4 is 43.1 Å². The molecular weight excluding hydrogens is 589 g/mol. The molecule has 0 bridgehead atoms. The molecule has 0 radical (unpaired) electrons. The zero-order chi connectivity index (χ0) is 32.7. The van der Waals surface area contributed by atoms with E-state index in [1.165, 1.54) is 98.7 Å². The molecular formula is C49H34. The standard InChI is InChI=1S/C49H34/c1-49(2)45-28-26-36(30-44(45)43-27-25-33-12-5-6-14-38(33)48(43)49)32-19-22-34(23-20-32)46-39-15-7-9-17-41(39)47(42-18-10-8-16-40(42)46)37-24-21-31-11-3-4-13-35(31)29-37/h3-30H,1-2H3. The first-order valence-corrected chi connectivity index (χ1v) is 17.3. The van der Waals surface area contributed by atoms with E-state index >= 15 is 0 Å². The van der Waals surface area contributed by atoms with Gasteiger partial charge in [-0.3, -0.25) is 0 Å². The lowest BCUT2D eigenvalue weighted by Crippen LogP contribution is -2.15. The first-order valence-electron chi connectivity index (χ1n) is 17.3. The third-order valence-corrected chi connectivity index (χ3v) is 11.0. The number of rotatable bonds is 3. The number of fused-ring (bicyclic) bond motifs is 8. The van der Waals surface area contributed by atoms with E-state index in [2.05, 4.69) is 184 Å². The quantitative estimate of drug-likeness (QED) is 0.172. The minimum absolute atomic E-state index is 0.0466. The van der Waals surface area contributed by atoms with Gasteiger partial charge in [0.2, 0.25) is 0 Å². The van der Waals surface area contributed by atoms with Crippen LogP contribution in [0.5, 0.6) is 0 Å². The molecule has 1 aliphatic rings. The van der Waals surface area contributed by atoms with Crippen LogP contribution < -0.4 is 0 Å². The van der Waals surface area contributed by atoms with Gasteiger partial charge in [0.05, 0.1) is 0 Å². The fourth-order valence-corrected chi connectivity index (χ4v) is 8.72. The van der Waals surface area contributed by atoms with Crippen LogP contribution in [0.2, 0.25) is 0 Å². The zero-order valence-corrected chi connectivity index (χ0v) is 27.7. The highest BCUT2D eigenvalue weighted by molar-refractivity contribution is 6.21. The Morgan fingerprint density at radius 3 is 1.49 bits per heavy atom. The van der Waals surface area contributed by atoms with Crippen LogP contribution in [0.1, 0.15) is 25.0 Å². The van der Waals surface area contributed by atoms with Crippen molar-refractivity contribution < 1.29 is 0 Å². The Morgan fingerprint density at radius 2 is 0.816 bits per heavy atom. The molecule has 10 rings (SSSR count). The van der Waals surface area contributed by atoms with Crippen molar-refractivity contribution in [2.24, 2.45) is 0 Å². The predicted octanol–water partition coefficient (Wildman–Crippen LogP) is 13.6. The second-order valence-corrected chi connectivity index (χ2v) is 14.1. The maximum absolute atomic E-state index is 2.41. The molecule has 9 aromatic carbocycles. The summed E-state index contributed by atoms with van der Waals surface area (Å²) in [6.07, 6.45) is 0. The van der Waals surface area contributed by atoms with Crippen molar-refractivity contribution in [3.8, 4) is 44.5 Å². The van der Waals surface area contributed by atoms with Gasteiger partial charge in [-0.05, 0) is 111 Å². The van der Waals surface area contributed by atoms with Crippen LogP contribution in [0.3, 0.4) is 0 Å². The largest absolute Gasteiger partial charge is 0.0616 e. The maximum atomic E-state index is 2.41. The highest BCUT2D eigenvalue weighted by atomic mass is 14.4. The smallest absolute Gasteiger partial charge is 0.0165 e. The summed E-state index contributed by atoms with van der Waals surface area (Å²) in [5.41, 5.74) is 13.1. The average Bonchev–Trinajstić information content (AvgIpc) is 3.39. The second kappa shape index (κ2) is 10.5. The van der Waals surface area contributed by atoms with Crippen LogP contribution in [-0.4, -0.2) is 0 Å². The number of hydrogen-bond donors (Lipinski definition) is 0. The van der Waals surface area contributed by atoms with Crippen LogP contribution >= 0.6 is 0 Å². The van der Waals surface area contributed by atoms with Gasteiger partial charge in [0.1, 0.15) is 0 Å². The topological polar surface area (TPSA) is 0 Å². The van der Waals surface area contributed by atoms with Crippen LogP contribution in [0.25, 0.3) is 87.6 Å². The summed E-state index contributed by atoms with van der Waals surface area (Å²) in [6.45, 7) is 4.75. The molecule has 1 aliphatic carbocycles. The molecule has 0 heterocycles. The van der Waals surface area contributed by atoms with Crippen molar-refractivity contribution in [3.63, 3.8) is 0 Å². The van der Waals surface area contributed by atoms with Gasteiger partial charge in [-0.25, -0.2) is 0 Å². The number of hydrogen-bond acceptors (Lipinski definition) is 0. The van der Waals surface area contributed by atoms with Gasteiger partial charge in [-0.15, -0.1) is 0 Å². The third-order valence-electron chi connectivity index (χ3n) is 11.0. The Hall–Kier alpha value is -5.98. The normalized spacial score (nSPS) is 13.3. The first-order chi connectivity index (χ1) is 24.1. The molecule has 0 atom stereocenters. The summed E-state index contributed by atoms with van der Waals surface area (Å²) >= 11 is 0. The average molecular weight is 623 g/mol. The summed E-state index contributed by atoms with van der Waals surface area (Å²) in [7, 11) is 0. The van der Waals surface area contributed by atoms with Gasteiger partial charge in [0, 0.05) is 5.41 Å². The van der Waals surface area contributed by atoms with Crippen molar-refractivity contribution in [3.05, 3.63) is 181 Å². The Labute approximate surface area is 286 Å². The second-order valence-electron chi connectivity index (χ2n) is 14.1. The molecule has 0 heteroatoms. The van der Waals surface area contributed by atoms with Crippen molar-refractivity contribution in [1.82, 2.24) is 0 Å². The van der Waals surface area contributed by atoms with E-state index in [9.17, 15) is 0 Å². The lowest BCUT2D eigenvalue weighted by molar-refractivity contribution is 0.666. The Balaban J connectivity index is 1.11. The summed E-state index contributed by atoms with van der Waals surface area (Å²) < 4.78 is 0. The number of benzene rings is 9. The molecule has 0 saturated heterocycles. The van der Waals surface area contributed by atoms with Crippen molar-refractivity contribution in [1.29, 1.82) is 0 Å². The van der Waals surface area contributed by atoms with Gasteiger partial charge in [-0.2, -0.15) is 0 Å². The highest BCUT2D eigenvalue weighted by Gasteiger charge is 2.36. The molecule has 0 fully saturated rings. The monoisotopic (exact) mass is 622 g/mol. The summed E-state index contributed by atoms with van der Waals surface area (Å²) in [4.78, 5) is 0. The molecule has 0 aliphatic heterocycles. The van der Waals surface area contributed by atoms with Gasteiger partial charge in [0.15, 0.2) is 0 Å². The minimum atomic E-state index is -0.0466. The third kappa shape index (κ3) is 4.17. The predicted molar refractivity (Wildman–Crippen MR) is 210 cm³/mol. The molecule has 0 amide bonds. The van der Waals surface area contributed by atoms with E-state index < -0.39 is 0 Å². The Kier molecular flexibility index (Phi) is 6.02. The summed E-state index contributed by atoms with van der Waals surface area (Å²) in [5.74, 6) is 0. The van der Waals surface area contributed by atoms with E-state index in [0.29, 0.717) is 0 Å². The molecule has 0 nitrogen and oxygen atoms in total. The van der Waals surface area contributed by atoms with Gasteiger partial charge < -0.3 is 0 Å². The molecule has 0 spiro atoms. The van der Waals surface area contributed by atoms with Crippen LogP contribution in [0, 0.1) is 0 Å². The molecule has 0 aromatic heterocycles. The minimum Gasteiger partial charge on any atom is -0.0616 e. The summed E-state index contributed by atoms with van der Waals surface area (Å²) in [5, 5.41) is 10.3. The van der Waals surface area contributed by atoms with Gasteiger partial charge >= 0.3 is 0 Å².